The van der Waals surface area contributed by atoms with Gasteiger partial charge in [0.05, 0.1) is 29.2 Å². The van der Waals surface area contributed by atoms with Crippen LogP contribution in [0, 0.1) is 12.8 Å². The maximum Gasteiger partial charge on any atom is 0.323 e. The van der Waals surface area contributed by atoms with E-state index in [0.29, 0.717) is 5.56 Å². The van der Waals surface area contributed by atoms with Gasteiger partial charge in [0.15, 0.2) is 9.84 Å². The Hall–Kier alpha value is -2.51. The number of benzene rings is 2. The third kappa shape index (κ3) is 3.59. The van der Waals surface area contributed by atoms with E-state index in [1.807, 2.05) is 25.1 Å². The van der Waals surface area contributed by atoms with Crippen molar-refractivity contribution in [2.75, 3.05) is 7.11 Å². The lowest BCUT2D eigenvalue weighted by Crippen LogP contribution is -2.42. The summed E-state index contributed by atoms with van der Waals surface area (Å²) in [5.74, 6) is -2.07. The number of hydrogen-bond donors (Lipinski definition) is 1. The lowest BCUT2D eigenvalue weighted by atomic mass is 9.92. The molecule has 0 spiro atoms. The van der Waals surface area contributed by atoms with Crippen molar-refractivity contribution >= 4 is 21.6 Å². The van der Waals surface area contributed by atoms with Gasteiger partial charge in [0, 0.05) is 0 Å². The fourth-order valence-electron chi connectivity index (χ4n) is 3.89. The Kier molecular flexibility index (Phi) is 5.67. The van der Waals surface area contributed by atoms with Crippen LogP contribution >= 0.6 is 0 Å². The summed E-state index contributed by atoms with van der Waals surface area (Å²) >= 11 is 0. The van der Waals surface area contributed by atoms with Gasteiger partial charge >= 0.3 is 5.97 Å². The summed E-state index contributed by atoms with van der Waals surface area (Å²) in [7, 11) is -2.68. The summed E-state index contributed by atoms with van der Waals surface area (Å²) in [5, 5.41) is 1.94. The van der Waals surface area contributed by atoms with Gasteiger partial charge in [0.2, 0.25) is 0 Å². The van der Waals surface area contributed by atoms with Gasteiger partial charge < -0.3 is 4.74 Å². The zero-order valence-corrected chi connectivity index (χ0v) is 16.8. The van der Waals surface area contributed by atoms with Gasteiger partial charge in [-0.15, -0.1) is 0 Å². The summed E-state index contributed by atoms with van der Waals surface area (Å²) in [6, 6.07) is 13.7. The number of carbonyl (C=O) groups is 2. The highest BCUT2D eigenvalue weighted by Gasteiger charge is 2.55. The molecule has 0 amide bonds. The van der Waals surface area contributed by atoms with E-state index in [1.165, 1.54) is 26.2 Å². The second-order valence-electron chi connectivity index (χ2n) is 7.02. The lowest BCUT2D eigenvalue weighted by Gasteiger charge is -2.24. The van der Waals surface area contributed by atoms with Gasteiger partial charge in [-0.1, -0.05) is 48.0 Å². The van der Waals surface area contributed by atoms with Crippen LogP contribution in [-0.2, 0) is 24.2 Å². The summed E-state index contributed by atoms with van der Waals surface area (Å²) < 4.78 is 31.9. The van der Waals surface area contributed by atoms with Crippen LogP contribution in [-0.4, -0.2) is 38.6 Å². The molecule has 28 heavy (non-hydrogen) atoms. The number of carbonyl (C=O) groups excluding carboxylic acids is 2. The van der Waals surface area contributed by atoms with Gasteiger partial charge in [-0.3, -0.25) is 14.9 Å². The number of esters is 1. The number of ether oxygens (including phenoxy) is 1. The van der Waals surface area contributed by atoms with Crippen LogP contribution in [0.3, 0.4) is 0 Å². The van der Waals surface area contributed by atoms with Crippen molar-refractivity contribution in [2.24, 2.45) is 5.92 Å². The number of ketones is 1. The number of hydrogen-bond acceptors (Lipinski definition) is 6. The Balaban J connectivity index is 2.19. The summed E-state index contributed by atoms with van der Waals surface area (Å²) in [6.45, 7) is 3.22. The number of aryl methyl sites for hydroxylation is 1. The fraction of sp³-hybridized carbons (Fsp3) is 0.333. The van der Waals surface area contributed by atoms with E-state index in [1.54, 1.807) is 24.3 Å². The molecule has 4 atom stereocenters. The van der Waals surface area contributed by atoms with Gasteiger partial charge in [-0.25, -0.2) is 8.42 Å². The smallest absolute Gasteiger partial charge is 0.323 e. The van der Waals surface area contributed by atoms with Crippen LogP contribution in [0.4, 0.5) is 0 Å². The third-order valence-corrected chi connectivity index (χ3v) is 7.37. The molecule has 1 fully saturated rings. The van der Waals surface area contributed by atoms with E-state index in [4.69, 9.17) is 4.74 Å². The molecular weight excluding hydrogens is 378 g/mol. The average Bonchev–Trinajstić information content (AvgIpc) is 3.10. The third-order valence-electron chi connectivity index (χ3n) is 5.16. The standard InChI is InChI=1S/C21H23NO5S/c1-13-8-7-9-15(12-13)18-20(28(25,26)16-10-5-4-6-11-16)17(14(2)23)19(22-18)21(24)27-3/h4-12,17-20,22H,1-3H3/t17-,18-,19-,20+/m1/s1. The molecule has 0 aromatic heterocycles. The first kappa shape index (κ1) is 20.2. The summed E-state index contributed by atoms with van der Waals surface area (Å²) in [6.07, 6.45) is 0. The molecule has 148 valence electrons. The monoisotopic (exact) mass is 401 g/mol. The van der Waals surface area contributed by atoms with Crippen LogP contribution in [0.1, 0.15) is 24.1 Å². The van der Waals surface area contributed by atoms with Crippen LogP contribution in [0.5, 0.6) is 0 Å². The molecule has 3 rings (SSSR count). The Bertz CT molecular complexity index is 987. The van der Waals surface area contributed by atoms with Crippen LogP contribution in [0.25, 0.3) is 0 Å². The lowest BCUT2D eigenvalue weighted by molar-refractivity contribution is -0.145. The highest BCUT2D eigenvalue weighted by molar-refractivity contribution is 7.92. The van der Waals surface area contributed by atoms with Crippen LogP contribution < -0.4 is 5.32 Å². The van der Waals surface area contributed by atoms with E-state index in [-0.39, 0.29) is 10.7 Å². The number of sulfone groups is 1. The van der Waals surface area contributed by atoms with E-state index in [9.17, 15) is 18.0 Å². The average molecular weight is 401 g/mol. The molecule has 2 aromatic rings. The first-order valence-corrected chi connectivity index (χ1v) is 10.5. The highest BCUT2D eigenvalue weighted by atomic mass is 32.2. The Morgan fingerprint density at radius 1 is 1.04 bits per heavy atom. The normalized spacial score (nSPS) is 24.7. The van der Waals surface area contributed by atoms with Gasteiger partial charge in [0.1, 0.15) is 11.8 Å². The molecule has 0 radical (unpaired) electrons. The fourth-order valence-corrected chi connectivity index (χ4v) is 6.07. The van der Waals surface area contributed by atoms with Crippen LogP contribution in [0.2, 0.25) is 0 Å². The zero-order valence-electron chi connectivity index (χ0n) is 16.0. The minimum Gasteiger partial charge on any atom is -0.468 e. The van der Waals surface area contributed by atoms with Crippen molar-refractivity contribution in [3.05, 3.63) is 65.7 Å². The van der Waals surface area contributed by atoms with Gasteiger partial charge in [-0.05, 0) is 31.5 Å². The van der Waals surface area contributed by atoms with E-state index >= 15 is 0 Å². The molecule has 1 aliphatic rings. The van der Waals surface area contributed by atoms with E-state index in [0.717, 1.165) is 5.56 Å². The van der Waals surface area contributed by atoms with Crippen LogP contribution in [0.15, 0.2) is 59.5 Å². The minimum atomic E-state index is -3.91. The molecule has 2 aromatic carbocycles. The number of Topliss-reactive ketones (excluding diaryl/α,β-unsaturated/α-hetero) is 1. The quantitative estimate of drug-likeness (QED) is 0.773. The molecule has 1 aliphatic heterocycles. The first-order chi connectivity index (χ1) is 13.3. The maximum absolute atomic E-state index is 13.5. The topological polar surface area (TPSA) is 89.5 Å². The Morgan fingerprint density at radius 2 is 1.71 bits per heavy atom. The van der Waals surface area contributed by atoms with Crippen molar-refractivity contribution < 1.29 is 22.7 Å². The van der Waals surface area contributed by atoms with Gasteiger partial charge in [0.25, 0.3) is 0 Å². The molecule has 1 N–H and O–H groups in total. The predicted molar refractivity (Wildman–Crippen MR) is 104 cm³/mol. The number of methoxy groups -OCH3 is 1. The van der Waals surface area contributed by atoms with Crippen molar-refractivity contribution in [1.82, 2.24) is 5.32 Å². The second-order valence-corrected chi connectivity index (χ2v) is 9.12. The molecule has 7 heteroatoms. The zero-order chi connectivity index (χ0) is 20.5. The van der Waals surface area contributed by atoms with E-state index < -0.39 is 39.1 Å². The summed E-state index contributed by atoms with van der Waals surface area (Å²) in [4.78, 5) is 25.0. The molecule has 1 heterocycles. The molecular formula is C21H23NO5S. The largest absolute Gasteiger partial charge is 0.468 e. The van der Waals surface area contributed by atoms with Gasteiger partial charge in [-0.2, -0.15) is 0 Å². The first-order valence-electron chi connectivity index (χ1n) is 8.97. The summed E-state index contributed by atoms with van der Waals surface area (Å²) in [5.41, 5.74) is 1.67. The number of rotatable bonds is 5. The highest BCUT2D eigenvalue weighted by Crippen LogP contribution is 2.40. The Labute approximate surface area is 164 Å². The van der Waals surface area contributed by atoms with Crippen molar-refractivity contribution in [3.8, 4) is 0 Å². The minimum absolute atomic E-state index is 0.121. The SMILES string of the molecule is COC(=O)[C@@H]1N[C@H](c2cccc(C)c2)[C@@H](S(=O)(=O)c2ccccc2)[C@@H]1C(C)=O. The van der Waals surface area contributed by atoms with Crippen molar-refractivity contribution in [2.45, 2.75) is 36.1 Å². The van der Waals surface area contributed by atoms with Crippen molar-refractivity contribution in [3.63, 3.8) is 0 Å². The number of nitrogens with one attached hydrogen (secondary N) is 1. The molecule has 0 aliphatic carbocycles. The molecule has 0 bridgehead atoms. The second kappa shape index (κ2) is 7.85. The maximum atomic E-state index is 13.5. The molecule has 6 nitrogen and oxygen atoms in total. The Morgan fingerprint density at radius 3 is 2.29 bits per heavy atom. The molecule has 0 unspecified atom stereocenters. The molecule has 0 saturated carbocycles. The van der Waals surface area contributed by atoms with E-state index in [2.05, 4.69) is 5.32 Å². The molecule has 1 saturated heterocycles. The predicted octanol–water partition coefficient (Wildman–Crippen LogP) is 2.23. The van der Waals surface area contributed by atoms with Crippen molar-refractivity contribution in [1.29, 1.82) is 0 Å².